The van der Waals surface area contributed by atoms with Crippen LogP contribution in [0.2, 0.25) is 0 Å². The number of rotatable bonds is 6. The fourth-order valence-electron chi connectivity index (χ4n) is 2.79. The summed E-state index contributed by atoms with van der Waals surface area (Å²) in [6, 6.07) is 8.35. The third kappa shape index (κ3) is 4.62. The molecule has 0 bridgehead atoms. The lowest BCUT2D eigenvalue weighted by atomic mass is 10.1. The first-order valence-electron chi connectivity index (χ1n) is 8.11. The van der Waals surface area contributed by atoms with E-state index < -0.39 is 0 Å². The maximum absolute atomic E-state index is 12.0. The molecule has 1 aliphatic heterocycles. The Morgan fingerprint density at radius 3 is 3.09 bits per heavy atom. The van der Waals surface area contributed by atoms with Gasteiger partial charge in [0.1, 0.15) is 0 Å². The van der Waals surface area contributed by atoms with Crippen molar-refractivity contribution in [1.82, 2.24) is 4.98 Å². The fourth-order valence-corrected chi connectivity index (χ4v) is 3.64. The minimum atomic E-state index is 0.0253. The van der Waals surface area contributed by atoms with Crippen LogP contribution >= 0.6 is 11.3 Å². The van der Waals surface area contributed by atoms with Gasteiger partial charge in [0.05, 0.1) is 6.10 Å². The van der Waals surface area contributed by atoms with Crippen LogP contribution in [0.1, 0.15) is 41.7 Å². The summed E-state index contributed by atoms with van der Waals surface area (Å²) in [5, 5.41) is 3.59. The molecule has 2 aromatic rings. The van der Waals surface area contributed by atoms with Crippen LogP contribution in [0.3, 0.4) is 0 Å². The van der Waals surface area contributed by atoms with Gasteiger partial charge < -0.3 is 10.1 Å². The van der Waals surface area contributed by atoms with E-state index in [1.54, 1.807) is 11.3 Å². The van der Waals surface area contributed by atoms with E-state index >= 15 is 0 Å². The first-order chi connectivity index (χ1) is 11.2. The number of benzene rings is 1. The molecule has 4 nitrogen and oxygen atoms in total. The number of nitrogens with one attached hydrogen (secondary N) is 1. The molecule has 122 valence electrons. The first kappa shape index (κ1) is 16.1. The van der Waals surface area contributed by atoms with Gasteiger partial charge in [0, 0.05) is 30.5 Å². The second kappa shape index (κ2) is 7.70. The number of aryl methyl sites for hydroxylation is 1. The van der Waals surface area contributed by atoms with Crippen molar-refractivity contribution >= 4 is 22.4 Å². The molecule has 1 amide bonds. The van der Waals surface area contributed by atoms with Gasteiger partial charge in [-0.2, -0.15) is 0 Å². The molecule has 3 rings (SSSR count). The van der Waals surface area contributed by atoms with E-state index in [1.165, 1.54) is 11.1 Å². The highest BCUT2D eigenvalue weighted by atomic mass is 32.1. The lowest BCUT2D eigenvalue weighted by molar-refractivity contribution is -0.116. The number of nitrogens with zero attached hydrogens (tertiary/aromatic N) is 1. The van der Waals surface area contributed by atoms with Crippen LogP contribution in [-0.2, 0) is 16.0 Å². The molecular formula is C18H22N2O2S. The zero-order valence-corrected chi connectivity index (χ0v) is 14.2. The van der Waals surface area contributed by atoms with Crippen molar-refractivity contribution in [2.75, 3.05) is 11.9 Å². The zero-order chi connectivity index (χ0) is 16.1. The summed E-state index contributed by atoms with van der Waals surface area (Å²) in [5.41, 5.74) is 2.58. The normalized spacial score (nSPS) is 17.3. The summed E-state index contributed by atoms with van der Waals surface area (Å²) in [4.78, 5) is 17.5. The number of amides is 1. The lowest BCUT2D eigenvalue weighted by Crippen LogP contribution is -2.15. The largest absolute Gasteiger partial charge is 0.378 e. The quantitative estimate of drug-likeness (QED) is 0.873. The third-order valence-corrected chi connectivity index (χ3v) is 5.06. The van der Waals surface area contributed by atoms with Crippen molar-refractivity contribution < 1.29 is 9.53 Å². The van der Waals surface area contributed by atoms with Crippen LogP contribution in [0, 0.1) is 6.92 Å². The summed E-state index contributed by atoms with van der Waals surface area (Å²) < 4.78 is 5.54. The van der Waals surface area contributed by atoms with Gasteiger partial charge in [-0.1, -0.05) is 24.3 Å². The molecule has 0 saturated carbocycles. The molecule has 0 radical (unpaired) electrons. The van der Waals surface area contributed by atoms with Crippen LogP contribution in [0.25, 0.3) is 0 Å². The number of anilines is 1. The Morgan fingerprint density at radius 2 is 2.30 bits per heavy atom. The van der Waals surface area contributed by atoms with Crippen LogP contribution in [-0.4, -0.2) is 23.6 Å². The molecular weight excluding hydrogens is 308 g/mol. The Kier molecular flexibility index (Phi) is 5.41. The smallest absolute Gasteiger partial charge is 0.226 e. The predicted octanol–water partition coefficient (Wildman–Crippen LogP) is 3.94. The Bertz CT molecular complexity index is 663. The van der Waals surface area contributed by atoms with Crippen molar-refractivity contribution in [2.45, 2.75) is 45.1 Å². The standard InChI is InChI=1S/C18H22N2O2S/c1-13-5-2-3-6-14(13)11-16-12-19-18(23-16)20-17(21)9-8-15-7-4-10-22-15/h2-3,5-6,12,15H,4,7-11H2,1H3,(H,19,20,21)/t15-/m1/s1. The summed E-state index contributed by atoms with van der Waals surface area (Å²) in [6.07, 6.45) is 6.45. The highest BCUT2D eigenvalue weighted by molar-refractivity contribution is 7.15. The molecule has 1 saturated heterocycles. The average molecular weight is 330 g/mol. The van der Waals surface area contributed by atoms with Crippen LogP contribution in [0.5, 0.6) is 0 Å². The number of hydrogen-bond donors (Lipinski definition) is 1. The predicted molar refractivity (Wildman–Crippen MR) is 92.9 cm³/mol. The average Bonchev–Trinajstić information content (AvgIpc) is 3.19. The molecule has 1 aliphatic rings. The Morgan fingerprint density at radius 1 is 1.43 bits per heavy atom. The van der Waals surface area contributed by atoms with Crippen molar-refractivity contribution in [1.29, 1.82) is 0 Å². The molecule has 0 spiro atoms. The van der Waals surface area contributed by atoms with Gasteiger partial charge in [-0.3, -0.25) is 4.79 Å². The molecule has 0 unspecified atom stereocenters. The van der Waals surface area contributed by atoms with E-state index in [9.17, 15) is 4.79 Å². The van der Waals surface area contributed by atoms with E-state index in [1.807, 2.05) is 12.3 Å². The molecule has 23 heavy (non-hydrogen) atoms. The van der Waals surface area contributed by atoms with Crippen LogP contribution < -0.4 is 5.32 Å². The van der Waals surface area contributed by atoms with Gasteiger partial charge in [0.2, 0.25) is 5.91 Å². The number of hydrogen-bond acceptors (Lipinski definition) is 4. The minimum absolute atomic E-state index is 0.0253. The maximum Gasteiger partial charge on any atom is 0.226 e. The second-order valence-electron chi connectivity index (χ2n) is 5.96. The number of ether oxygens (including phenoxy) is 1. The number of thiazole rings is 1. The summed E-state index contributed by atoms with van der Waals surface area (Å²) >= 11 is 1.55. The Hall–Kier alpha value is -1.72. The SMILES string of the molecule is Cc1ccccc1Cc1cnc(NC(=O)CC[C@H]2CCCO2)s1. The topological polar surface area (TPSA) is 51.2 Å². The van der Waals surface area contributed by atoms with Gasteiger partial charge in [-0.05, 0) is 37.3 Å². The monoisotopic (exact) mass is 330 g/mol. The number of carbonyl (C=O) groups is 1. The van der Waals surface area contributed by atoms with E-state index in [4.69, 9.17) is 4.74 Å². The van der Waals surface area contributed by atoms with E-state index in [-0.39, 0.29) is 12.0 Å². The molecule has 0 aliphatic carbocycles. The second-order valence-corrected chi connectivity index (χ2v) is 7.07. The van der Waals surface area contributed by atoms with E-state index in [2.05, 4.69) is 35.4 Å². The molecule has 1 aromatic heterocycles. The molecule has 1 fully saturated rings. The third-order valence-electron chi connectivity index (χ3n) is 4.14. The van der Waals surface area contributed by atoms with E-state index in [0.717, 1.165) is 37.2 Å². The maximum atomic E-state index is 12.0. The number of carbonyl (C=O) groups excluding carboxylic acids is 1. The Labute approximate surface area is 140 Å². The van der Waals surface area contributed by atoms with Crippen molar-refractivity contribution in [2.24, 2.45) is 0 Å². The summed E-state index contributed by atoms with van der Waals surface area (Å²) in [5.74, 6) is 0.0253. The van der Waals surface area contributed by atoms with Crippen LogP contribution in [0.15, 0.2) is 30.5 Å². The van der Waals surface area contributed by atoms with Gasteiger partial charge >= 0.3 is 0 Å². The minimum Gasteiger partial charge on any atom is -0.378 e. The molecule has 1 atom stereocenters. The van der Waals surface area contributed by atoms with Gasteiger partial charge in [0.25, 0.3) is 0 Å². The Balaban J connectivity index is 1.50. The van der Waals surface area contributed by atoms with Crippen molar-refractivity contribution in [3.05, 3.63) is 46.5 Å². The zero-order valence-electron chi connectivity index (χ0n) is 13.4. The summed E-state index contributed by atoms with van der Waals surface area (Å²) in [7, 11) is 0. The van der Waals surface area contributed by atoms with Crippen molar-refractivity contribution in [3.8, 4) is 0 Å². The molecule has 5 heteroatoms. The van der Waals surface area contributed by atoms with Crippen molar-refractivity contribution in [3.63, 3.8) is 0 Å². The van der Waals surface area contributed by atoms with Gasteiger partial charge in [-0.15, -0.1) is 11.3 Å². The molecule has 2 heterocycles. The molecule has 1 aromatic carbocycles. The highest BCUT2D eigenvalue weighted by Gasteiger charge is 2.17. The van der Waals surface area contributed by atoms with Gasteiger partial charge in [-0.25, -0.2) is 4.98 Å². The first-order valence-corrected chi connectivity index (χ1v) is 8.93. The number of aromatic nitrogens is 1. The molecule has 1 N–H and O–H groups in total. The van der Waals surface area contributed by atoms with E-state index in [0.29, 0.717) is 11.6 Å². The van der Waals surface area contributed by atoms with Crippen LogP contribution in [0.4, 0.5) is 5.13 Å². The lowest BCUT2D eigenvalue weighted by Gasteiger charge is -2.08. The highest BCUT2D eigenvalue weighted by Crippen LogP contribution is 2.23. The fraction of sp³-hybridized carbons (Fsp3) is 0.444. The summed E-state index contributed by atoms with van der Waals surface area (Å²) in [6.45, 7) is 2.95. The van der Waals surface area contributed by atoms with Gasteiger partial charge in [0.15, 0.2) is 5.13 Å².